The van der Waals surface area contributed by atoms with Gasteiger partial charge in [-0.1, -0.05) is 18.3 Å². The van der Waals surface area contributed by atoms with Gasteiger partial charge in [-0.3, -0.25) is 4.79 Å². The number of carbonyl (C=O) groups is 1. The van der Waals surface area contributed by atoms with Crippen molar-refractivity contribution in [1.29, 1.82) is 0 Å². The standard InChI is InChI=1S/C13H16N4OS/c1-3-8-14-13-17-16-12(19-13)10-4-6-11(7-5-10)15-9(2)18/h4-7H,3,8H2,1-2H3,(H,14,17)(H,15,18). The minimum absolute atomic E-state index is 0.0743. The van der Waals surface area contributed by atoms with Gasteiger partial charge in [-0.2, -0.15) is 0 Å². The van der Waals surface area contributed by atoms with Gasteiger partial charge in [-0.15, -0.1) is 10.2 Å². The van der Waals surface area contributed by atoms with E-state index in [9.17, 15) is 4.79 Å². The van der Waals surface area contributed by atoms with Crippen molar-refractivity contribution in [2.75, 3.05) is 17.2 Å². The fourth-order valence-corrected chi connectivity index (χ4v) is 2.32. The van der Waals surface area contributed by atoms with Crippen LogP contribution in [-0.4, -0.2) is 22.6 Å². The lowest BCUT2D eigenvalue weighted by Crippen LogP contribution is -2.05. The fraction of sp³-hybridized carbons (Fsp3) is 0.308. The number of benzene rings is 1. The third kappa shape index (κ3) is 3.75. The van der Waals surface area contributed by atoms with Gasteiger partial charge >= 0.3 is 0 Å². The first kappa shape index (κ1) is 13.5. The number of nitrogens with one attached hydrogen (secondary N) is 2. The summed E-state index contributed by atoms with van der Waals surface area (Å²) < 4.78 is 0. The summed E-state index contributed by atoms with van der Waals surface area (Å²) in [6.45, 7) is 4.50. The highest BCUT2D eigenvalue weighted by Gasteiger charge is 2.06. The van der Waals surface area contributed by atoms with Crippen molar-refractivity contribution in [3.05, 3.63) is 24.3 Å². The van der Waals surface area contributed by atoms with E-state index in [-0.39, 0.29) is 5.91 Å². The minimum atomic E-state index is -0.0743. The molecule has 2 aromatic rings. The fourth-order valence-electron chi connectivity index (χ4n) is 1.54. The third-order valence-corrected chi connectivity index (χ3v) is 3.33. The maximum atomic E-state index is 10.9. The van der Waals surface area contributed by atoms with E-state index in [1.807, 2.05) is 24.3 Å². The largest absolute Gasteiger partial charge is 0.360 e. The molecule has 0 aliphatic rings. The number of rotatable bonds is 5. The Hall–Kier alpha value is -1.95. The summed E-state index contributed by atoms with van der Waals surface area (Å²) in [6, 6.07) is 7.57. The lowest BCUT2D eigenvalue weighted by Gasteiger charge is -2.02. The highest BCUT2D eigenvalue weighted by atomic mass is 32.1. The van der Waals surface area contributed by atoms with E-state index < -0.39 is 0 Å². The molecular formula is C13H16N4OS. The van der Waals surface area contributed by atoms with Crippen molar-refractivity contribution in [2.24, 2.45) is 0 Å². The minimum Gasteiger partial charge on any atom is -0.360 e. The Kier molecular flexibility index (Phi) is 4.46. The summed E-state index contributed by atoms with van der Waals surface area (Å²) in [5.74, 6) is -0.0743. The summed E-state index contributed by atoms with van der Waals surface area (Å²) >= 11 is 1.53. The highest BCUT2D eigenvalue weighted by molar-refractivity contribution is 7.18. The molecule has 1 amide bonds. The molecule has 2 rings (SSSR count). The van der Waals surface area contributed by atoms with Crippen LogP contribution in [0.4, 0.5) is 10.8 Å². The molecule has 0 aliphatic carbocycles. The maximum Gasteiger partial charge on any atom is 0.221 e. The quantitative estimate of drug-likeness (QED) is 0.881. The zero-order valence-electron chi connectivity index (χ0n) is 10.9. The second-order valence-corrected chi connectivity index (χ2v) is 5.08. The molecule has 0 saturated heterocycles. The maximum absolute atomic E-state index is 10.9. The molecule has 5 nitrogen and oxygen atoms in total. The molecule has 0 spiro atoms. The van der Waals surface area contributed by atoms with Crippen LogP contribution in [0.25, 0.3) is 10.6 Å². The predicted octanol–water partition coefficient (Wildman–Crippen LogP) is 2.99. The van der Waals surface area contributed by atoms with Gasteiger partial charge in [0.15, 0.2) is 0 Å². The van der Waals surface area contributed by atoms with Gasteiger partial charge < -0.3 is 10.6 Å². The monoisotopic (exact) mass is 276 g/mol. The first-order valence-electron chi connectivity index (χ1n) is 6.14. The van der Waals surface area contributed by atoms with Gasteiger partial charge in [-0.05, 0) is 30.7 Å². The molecule has 0 fully saturated rings. The average molecular weight is 276 g/mol. The van der Waals surface area contributed by atoms with Crippen LogP contribution < -0.4 is 10.6 Å². The van der Waals surface area contributed by atoms with Crippen LogP contribution in [0, 0.1) is 0 Å². The molecule has 100 valence electrons. The Morgan fingerprint density at radius 3 is 2.63 bits per heavy atom. The lowest BCUT2D eigenvalue weighted by atomic mass is 10.2. The molecular weight excluding hydrogens is 260 g/mol. The van der Waals surface area contributed by atoms with Gasteiger partial charge in [0.1, 0.15) is 5.01 Å². The highest BCUT2D eigenvalue weighted by Crippen LogP contribution is 2.27. The molecule has 6 heteroatoms. The van der Waals surface area contributed by atoms with E-state index in [0.29, 0.717) is 0 Å². The molecule has 1 heterocycles. The number of carbonyl (C=O) groups excluding carboxylic acids is 1. The zero-order valence-corrected chi connectivity index (χ0v) is 11.8. The van der Waals surface area contributed by atoms with Crippen LogP contribution in [0.1, 0.15) is 20.3 Å². The average Bonchev–Trinajstić information content (AvgIpc) is 2.85. The van der Waals surface area contributed by atoms with Crippen LogP contribution in [0.5, 0.6) is 0 Å². The molecule has 0 aliphatic heterocycles. The van der Waals surface area contributed by atoms with E-state index in [1.165, 1.54) is 18.3 Å². The number of anilines is 2. The Bertz CT molecular complexity index is 550. The molecule has 2 N–H and O–H groups in total. The van der Waals surface area contributed by atoms with Crippen molar-refractivity contribution in [3.8, 4) is 10.6 Å². The van der Waals surface area contributed by atoms with Crippen molar-refractivity contribution < 1.29 is 4.79 Å². The van der Waals surface area contributed by atoms with Crippen LogP contribution in [-0.2, 0) is 4.79 Å². The molecule has 19 heavy (non-hydrogen) atoms. The van der Waals surface area contributed by atoms with E-state index in [4.69, 9.17) is 0 Å². The summed E-state index contributed by atoms with van der Waals surface area (Å²) in [7, 11) is 0. The van der Waals surface area contributed by atoms with Crippen molar-refractivity contribution in [3.63, 3.8) is 0 Å². The Labute approximate surface area is 116 Å². The predicted molar refractivity (Wildman–Crippen MR) is 78.4 cm³/mol. The van der Waals surface area contributed by atoms with Crippen LogP contribution in [0.3, 0.4) is 0 Å². The van der Waals surface area contributed by atoms with Gasteiger partial charge in [0.2, 0.25) is 11.0 Å². The summed E-state index contributed by atoms with van der Waals surface area (Å²) in [5.41, 5.74) is 1.78. The van der Waals surface area contributed by atoms with E-state index in [0.717, 1.165) is 34.4 Å². The summed E-state index contributed by atoms with van der Waals surface area (Å²) in [6.07, 6.45) is 1.06. The van der Waals surface area contributed by atoms with Crippen LogP contribution >= 0.6 is 11.3 Å². The topological polar surface area (TPSA) is 66.9 Å². The zero-order chi connectivity index (χ0) is 13.7. The lowest BCUT2D eigenvalue weighted by molar-refractivity contribution is -0.114. The number of aromatic nitrogens is 2. The third-order valence-electron chi connectivity index (χ3n) is 2.40. The first-order valence-corrected chi connectivity index (χ1v) is 6.96. The van der Waals surface area contributed by atoms with Crippen LogP contribution in [0.2, 0.25) is 0 Å². The molecule has 1 aromatic heterocycles. The first-order chi connectivity index (χ1) is 9.19. The summed E-state index contributed by atoms with van der Waals surface area (Å²) in [5, 5.41) is 15.9. The van der Waals surface area contributed by atoms with Crippen molar-refractivity contribution in [1.82, 2.24) is 10.2 Å². The molecule has 0 unspecified atom stereocenters. The number of hydrogen-bond acceptors (Lipinski definition) is 5. The van der Waals surface area contributed by atoms with E-state index in [2.05, 4.69) is 27.8 Å². The Morgan fingerprint density at radius 1 is 1.26 bits per heavy atom. The number of hydrogen-bond donors (Lipinski definition) is 2. The molecule has 0 radical (unpaired) electrons. The van der Waals surface area contributed by atoms with Crippen LogP contribution in [0.15, 0.2) is 24.3 Å². The van der Waals surface area contributed by atoms with Gasteiger partial charge in [-0.25, -0.2) is 0 Å². The normalized spacial score (nSPS) is 10.2. The molecule has 0 bridgehead atoms. The molecule has 0 saturated carbocycles. The SMILES string of the molecule is CCCNc1nnc(-c2ccc(NC(C)=O)cc2)s1. The van der Waals surface area contributed by atoms with Crippen molar-refractivity contribution >= 4 is 28.1 Å². The van der Waals surface area contributed by atoms with Gasteiger partial charge in [0.25, 0.3) is 0 Å². The summed E-state index contributed by atoms with van der Waals surface area (Å²) in [4.78, 5) is 10.9. The number of amides is 1. The molecule has 1 aromatic carbocycles. The Morgan fingerprint density at radius 2 is 2.00 bits per heavy atom. The van der Waals surface area contributed by atoms with Gasteiger partial charge in [0.05, 0.1) is 0 Å². The second kappa shape index (κ2) is 6.29. The number of nitrogens with zero attached hydrogens (tertiary/aromatic N) is 2. The van der Waals surface area contributed by atoms with Crippen molar-refractivity contribution in [2.45, 2.75) is 20.3 Å². The van der Waals surface area contributed by atoms with Gasteiger partial charge in [0, 0.05) is 24.7 Å². The second-order valence-electron chi connectivity index (χ2n) is 4.10. The molecule has 0 atom stereocenters. The van der Waals surface area contributed by atoms with E-state index in [1.54, 1.807) is 0 Å². The van der Waals surface area contributed by atoms with E-state index >= 15 is 0 Å². The smallest absolute Gasteiger partial charge is 0.221 e. The Balaban J connectivity index is 2.09.